The first kappa shape index (κ1) is 15.2. The van der Waals surface area contributed by atoms with Gasteiger partial charge in [-0.3, -0.25) is 14.7 Å². The van der Waals surface area contributed by atoms with E-state index in [1.807, 2.05) is 0 Å². The fourth-order valence-electron chi connectivity index (χ4n) is 2.33. The van der Waals surface area contributed by atoms with E-state index in [4.69, 9.17) is 5.11 Å². The Morgan fingerprint density at radius 2 is 2.15 bits per heavy atom. The number of rotatable bonds is 3. The molecule has 0 bridgehead atoms. The van der Waals surface area contributed by atoms with Crippen LogP contribution in [0.3, 0.4) is 0 Å². The summed E-state index contributed by atoms with van der Waals surface area (Å²) < 4.78 is 39.3. The number of carboxylic acids is 1. The van der Waals surface area contributed by atoms with Crippen molar-refractivity contribution in [1.82, 2.24) is 9.88 Å². The minimum Gasteiger partial charge on any atom is -0.481 e. The summed E-state index contributed by atoms with van der Waals surface area (Å²) in [4.78, 5) is 16.5. The number of hydrogen-bond acceptors (Lipinski definition) is 3. The molecule has 2 atom stereocenters. The molecule has 1 aliphatic rings. The van der Waals surface area contributed by atoms with Crippen molar-refractivity contribution in [1.29, 1.82) is 0 Å². The number of aromatic nitrogens is 1. The van der Waals surface area contributed by atoms with E-state index >= 15 is 0 Å². The van der Waals surface area contributed by atoms with Crippen molar-refractivity contribution in [3.8, 4) is 0 Å². The highest BCUT2D eigenvalue weighted by Gasteiger charge is 2.52. The molecule has 0 amide bonds. The Labute approximate surface area is 121 Å². The second kappa shape index (κ2) is 5.69. The smallest absolute Gasteiger partial charge is 0.393 e. The first-order chi connectivity index (χ1) is 9.27. The summed E-state index contributed by atoms with van der Waals surface area (Å²) in [5.41, 5.74) is 0.611. The maximum Gasteiger partial charge on any atom is 0.393 e. The van der Waals surface area contributed by atoms with Gasteiger partial charge in [0.2, 0.25) is 0 Å². The zero-order chi connectivity index (χ0) is 14.9. The summed E-state index contributed by atoms with van der Waals surface area (Å²) >= 11 is 3.22. The molecular weight excluding hydrogens is 341 g/mol. The largest absolute Gasteiger partial charge is 0.481 e. The van der Waals surface area contributed by atoms with Crippen LogP contribution in [0, 0.1) is 11.8 Å². The van der Waals surface area contributed by atoms with Crippen molar-refractivity contribution in [3.63, 3.8) is 0 Å². The second-order valence-electron chi connectivity index (χ2n) is 4.75. The van der Waals surface area contributed by atoms with Gasteiger partial charge >= 0.3 is 12.1 Å². The number of hydrogen-bond donors (Lipinski definition) is 1. The molecule has 0 saturated carbocycles. The van der Waals surface area contributed by atoms with Crippen molar-refractivity contribution in [2.75, 3.05) is 13.1 Å². The Hall–Kier alpha value is -1.15. The minimum absolute atomic E-state index is 0.114. The number of carbonyl (C=O) groups is 1. The third-order valence-corrected chi connectivity index (χ3v) is 3.78. The van der Waals surface area contributed by atoms with Crippen molar-refractivity contribution < 1.29 is 23.1 Å². The molecule has 1 aliphatic heterocycles. The molecule has 4 nitrogen and oxygen atoms in total. The molecule has 110 valence electrons. The first-order valence-corrected chi connectivity index (χ1v) is 6.69. The van der Waals surface area contributed by atoms with Gasteiger partial charge in [0.25, 0.3) is 0 Å². The maximum atomic E-state index is 12.8. The molecule has 0 aliphatic carbocycles. The van der Waals surface area contributed by atoms with Crippen molar-refractivity contribution in [2.24, 2.45) is 11.8 Å². The topological polar surface area (TPSA) is 53.4 Å². The van der Waals surface area contributed by atoms with Crippen LogP contribution >= 0.6 is 15.9 Å². The fourth-order valence-corrected chi connectivity index (χ4v) is 2.56. The Morgan fingerprint density at radius 3 is 2.60 bits per heavy atom. The van der Waals surface area contributed by atoms with Gasteiger partial charge in [0.15, 0.2) is 0 Å². The van der Waals surface area contributed by atoms with Gasteiger partial charge in [0.05, 0.1) is 17.5 Å². The molecule has 0 unspecified atom stereocenters. The second-order valence-corrected chi connectivity index (χ2v) is 5.67. The average molecular weight is 353 g/mol. The van der Waals surface area contributed by atoms with E-state index < -0.39 is 24.0 Å². The number of halogens is 4. The lowest BCUT2D eigenvalue weighted by molar-refractivity contribution is -0.188. The first-order valence-electron chi connectivity index (χ1n) is 5.89. The van der Waals surface area contributed by atoms with Crippen LogP contribution < -0.4 is 0 Å². The van der Waals surface area contributed by atoms with E-state index in [0.29, 0.717) is 5.69 Å². The van der Waals surface area contributed by atoms with Gasteiger partial charge in [-0.2, -0.15) is 13.2 Å². The molecule has 2 rings (SSSR count). The number of nitrogens with zero attached hydrogens (tertiary/aromatic N) is 2. The van der Waals surface area contributed by atoms with Gasteiger partial charge in [-0.15, -0.1) is 0 Å². The number of likely N-dealkylation sites (tertiary alicyclic amines) is 1. The predicted molar refractivity (Wildman–Crippen MR) is 67.9 cm³/mol. The van der Waals surface area contributed by atoms with Crippen LogP contribution in [0.5, 0.6) is 0 Å². The molecule has 8 heteroatoms. The summed E-state index contributed by atoms with van der Waals surface area (Å²) in [7, 11) is 0. The van der Waals surface area contributed by atoms with Gasteiger partial charge in [-0.25, -0.2) is 0 Å². The predicted octanol–water partition coefficient (Wildman–Crippen LogP) is 2.54. The fraction of sp³-hybridized carbons (Fsp3) is 0.500. The Balaban J connectivity index is 2.08. The quantitative estimate of drug-likeness (QED) is 0.908. The zero-order valence-corrected chi connectivity index (χ0v) is 11.9. The Morgan fingerprint density at radius 1 is 1.45 bits per heavy atom. The highest BCUT2D eigenvalue weighted by Crippen LogP contribution is 2.38. The van der Waals surface area contributed by atoms with Crippen LogP contribution in [0.1, 0.15) is 5.69 Å². The standard InChI is InChI=1S/C12H12BrF3N2O2/c13-7-1-2-8(17-3-7)4-18-5-9(11(19)20)10(6-18)12(14,15)16/h1-3,9-10H,4-6H2,(H,19,20)/t9-,10-/m1/s1. The molecule has 1 aromatic heterocycles. The van der Waals surface area contributed by atoms with Crippen LogP contribution in [-0.2, 0) is 11.3 Å². The van der Waals surface area contributed by atoms with E-state index in [2.05, 4.69) is 20.9 Å². The number of pyridine rings is 1. The van der Waals surface area contributed by atoms with E-state index in [1.54, 1.807) is 18.3 Å². The molecule has 1 aromatic rings. The monoisotopic (exact) mass is 352 g/mol. The lowest BCUT2D eigenvalue weighted by atomic mass is 9.96. The number of carboxylic acid groups (broad SMARTS) is 1. The van der Waals surface area contributed by atoms with Crippen LogP contribution in [0.4, 0.5) is 13.2 Å². The van der Waals surface area contributed by atoms with Crippen LogP contribution in [0.25, 0.3) is 0 Å². The van der Waals surface area contributed by atoms with E-state index in [1.165, 1.54) is 4.90 Å². The van der Waals surface area contributed by atoms with Crippen LogP contribution in [-0.4, -0.2) is 40.2 Å². The minimum atomic E-state index is -4.50. The van der Waals surface area contributed by atoms with Crippen LogP contribution in [0.2, 0.25) is 0 Å². The average Bonchev–Trinajstić information content (AvgIpc) is 2.76. The lowest BCUT2D eigenvalue weighted by Gasteiger charge is -2.18. The van der Waals surface area contributed by atoms with E-state index in [9.17, 15) is 18.0 Å². The van der Waals surface area contributed by atoms with Crippen molar-refractivity contribution >= 4 is 21.9 Å². The summed E-state index contributed by atoms with van der Waals surface area (Å²) in [5.74, 6) is -4.64. The molecule has 1 saturated heterocycles. The molecule has 20 heavy (non-hydrogen) atoms. The third kappa shape index (κ3) is 3.49. The van der Waals surface area contributed by atoms with E-state index in [-0.39, 0.29) is 19.6 Å². The highest BCUT2D eigenvalue weighted by atomic mass is 79.9. The summed E-state index contributed by atoms with van der Waals surface area (Å²) in [6, 6.07) is 3.44. The molecule has 1 N–H and O–H groups in total. The molecular formula is C12H12BrF3N2O2. The highest BCUT2D eigenvalue weighted by molar-refractivity contribution is 9.10. The summed E-state index contributed by atoms with van der Waals surface area (Å²) in [5, 5.41) is 8.92. The molecule has 0 spiro atoms. The van der Waals surface area contributed by atoms with Gasteiger partial charge in [-0.1, -0.05) is 0 Å². The van der Waals surface area contributed by atoms with Gasteiger partial charge in [0.1, 0.15) is 0 Å². The SMILES string of the molecule is O=C(O)[C@@H]1CN(Cc2ccc(Br)cn2)C[C@H]1C(F)(F)F. The molecule has 0 aromatic carbocycles. The Bertz CT molecular complexity index is 492. The molecule has 0 radical (unpaired) electrons. The number of aliphatic carboxylic acids is 1. The normalized spacial score (nSPS) is 24.0. The van der Waals surface area contributed by atoms with Crippen molar-refractivity contribution in [2.45, 2.75) is 12.7 Å². The van der Waals surface area contributed by atoms with Gasteiger partial charge in [-0.05, 0) is 28.1 Å². The third-order valence-electron chi connectivity index (χ3n) is 3.31. The lowest BCUT2D eigenvalue weighted by Crippen LogP contribution is -2.33. The Kier molecular flexibility index (Phi) is 4.33. The van der Waals surface area contributed by atoms with Gasteiger partial charge in [0, 0.05) is 30.3 Å². The van der Waals surface area contributed by atoms with E-state index in [0.717, 1.165) is 4.47 Å². The zero-order valence-electron chi connectivity index (χ0n) is 10.3. The van der Waals surface area contributed by atoms with Crippen LogP contribution in [0.15, 0.2) is 22.8 Å². The maximum absolute atomic E-state index is 12.8. The summed E-state index contributed by atoms with van der Waals surface area (Å²) in [6.07, 6.45) is -2.94. The molecule has 2 heterocycles. The van der Waals surface area contributed by atoms with Gasteiger partial charge < -0.3 is 5.11 Å². The summed E-state index contributed by atoms with van der Waals surface area (Å²) in [6.45, 7) is -0.209. The van der Waals surface area contributed by atoms with Crippen molar-refractivity contribution in [3.05, 3.63) is 28.5 Å². The molecule has 1 fully saturated rings. The number of alkyl halides is 3.